The molecule has 8 nitrogen and oxygen atoms in total. The molecule has 0 spiro atoms. The molecule has 0 N–H and O–H groups in total. The summed E-state index contributed by atoms with van der Waals surface area (Å²) in [6, 6.07) is 30.3. The number of hydrogen-bond acceptors (Lipinski definition) is 8. The Kier molecular flexibility index (Phi) is 9.34. The highest BCUT2D eigenvalue weighted by atomic mass is 35.5. The summed E-state index contributed by atoms with van der Waals surface area (Å²) in [6.07, 6.45) is 1.75. The number of thiazole rings is 1. The first-order valence-electron chi connectivity index (χ1n) is 14.7. The predicted octanol–water partition coefficient (Wildman–Crippen LogP) is 6.05. The fraction of sp³-hybridized carbons (Fsp3) is 0.135. The van der Waals surface area contributed by atoms with Gasteiger partial charge in [-0.3, -0.25) is 9.36 Å². The van der Waals surface area contributed by atoms with Crippen LogP contribution < -0.4 is 24.4 Å². The summed E-state index contributed by atoms with van der Waals surface area (Å²) in [5.41, 5.74) is 3.81. The van der Waals surface area contributed by atoms with E-state index in [9.17, 15) is 9.59 Å². The summed E-state index contributed by atoms with van der Waals surface area (Å²) < 4.78 is 19.3. The number of benzene rings is 4. The van der Waals surface area contributed by atoms with E-state index in [4.69, 9.17) is 36.1 Å². The minimum atomic E-state index is -0.822. The largest absolute Gasteiger partial charge is 0.493 e. The highest BCUT2D eigenvalue weighted by molar-refractivity contribution is 7.07. The number of carbonyl (C=O) groups excluding carboxylic acids is 1. The zero-order chi connectivity index (χ0) is 32.9. The Labute approximate surface area is 279 Å². The normalized spacial score (nSPS) is 14.2. The maximum atomic E-state index is 14.3. The fourth-order valence-electron chi connectivity index (χ4n) is 5.33. The molecule has 1 atom stereocenters. The zero-order valence-corrected chi connectivity index (χ0v) is 27.0. The molecule has 1 aliphatic rings. The Balaban J connectivity index is 1.53. The van der Waals surface area contributed by atoms with E-state index >= 15 is 0 Å². The second kappa shape index (κ2) is 13.9. The molecular formula is C37H28ClN3O5S. The molecule has 6 rings (SSSR count). The van der Waals surface area contributed by atoms with Gasteiger partial charge in [0.1, 0.15) is 6.61 Å². The lowest BCUT2D eigenvalue weighted by molar-refractivity contribution is -0.138. The van der Waals surface area contributed by atoms with Gasteiger partial charge in [0.15, 0.2) is 16.3 Å². The lowest BCUT2D eigenvalue weighted by atomic mass is 9.93. The monoisotopic (exact) mass is 661 g/mol. The van der Waals surface area contributed by atoms with E-state index in [0.717, 1.165) is 11.1 Å². The molecule has 0 saturated carbocycles. The van der Waals surface area contributed by atoms with Crippen molar-refractivity contribution in [2.75, 3.05) is 13.7 Å². The van der Waals surface area contributed by atoms with Crippen LogP contribution >= 0.6 is 22.9 Å². The number of fused-ring (bicyclic) bond motifs is 1. The third-order valence-corrected chi connectivity index (χ3v) is 8.78. The molecule has 2 heterocycles. The van der Waals surface area contributed by atoms with Crippen LogP contribution in [0.2, 0.25) is 5.02 Å². The molecule has 0 radical (unpaired) electrons. The van der Waals surface area contributed by atoms with Gasteiger partial charge in [0.2, 0.25) is 0 Å². The molecule has 0 amide bonds. The summed E-state index contributed by atoms with van der Waals surface area (Å²) in [5.74, 6) is 0.391. The van der Waals surface area contributed by atoms with Crippen molar-refractivity contribution < 1.29 is 19.0 Å². The molecule has 4 aromatic carbocycles. The van der Waals surface area contributed by atoms with Crippen LogP contribution in [0.5, 0.6) is 11.5 Å². The molecule has 0 fully saturated rings. The van der Waals surface area contributed by atoms with Crippen molar-refractivity contribution in [1.82, 2.24) is 4.57 Å². The Hall–Kier alpha value is -5.43. The van der Waals surface area contributed by atoms with Gasteiger partial charge in [0.05, 0.1) is 47.2 Å². The second-order valence-corrected chi connectivity index (χ2v) is 11.9. The Morgan fingerprint density at radius 2 is 1.77 bits per heavy atom. The van der Waals surface area contributed by atoms with Crippen molar-refractivity contribution in [3.05, 3.63) is 155 Å². The van der Waals surface area contributed by atoms with Gasteiger partial charge in [0.25, 0.3) is 5.56 Å². The number of aromatic nitrogens is 1. The number of para-hydroxylation sites is 1. The number of esters is 1. The number of carbonyl (C=O) groups is 1. The quantitative estimate of drug-likeness (QED) is 0.178. The summed E-state index contributed by atoms with van der Waals surface area (Å²) >= 11 is 7.45. The molecule has 0 unspecified atom stereocenters. The van der Waals surface area contributed by atoms with Crippen molar-refractivity contribution in [2.24, 2.45) is 4.99 Å². The van der Waals surface area contributed by atoms with Crippen molar-refractivity contribution >= 4 is 40.7 Å². The van der Waals surface area contributed by atoms with E-state index in [1.54, 1.807) is 62.6 Å². The van der Waals surface area contributed by atoms with Gasteiger partial charge in [-0.15, -0.1) is 0 Å². The molecule has 1 aromatic heterocycles. The van der Waals surface area contributed by atoms with Gasteiger partial charge in [-0.1, -0.05) is 89.7 Å². The van der Waals surface area contributed by atoms with E-state index < -0.39 is 12.0 Å². The molecule has 234 valence electrons. The van der Waals surface area contributed by atoms with Crippen LogP contribution in [0.25, 0.3) is 11.8 Å². The topological polar surface area (TPSA) is 103 Å². The van der Waals surface area contributed by atoms with Gasteiger partial charge in [-0.25, -0.2) is 9.79 Å². The predicted molar refractivity (Wildman–Crippen MR) is 181 cm³/mol. The van der Waals surface area contributed by atoms with E-state index in [0.29, 0.717) is 48.2 Å². The lowest BCUT2D eigenvalue weighted by Crippen LogP contribution is -2.40. The zero-order valence-electron chi connectivity index (χ0n) is 25.5. The molecule has 1 aliphatic heterocycles. The number of ether oxygens (including phenoxy) is 3. The molecule has 0 saturated heterocycles. The molecule has 10 heteroatoms. The van der Waals surface area contributed by atoms with E-state index in [1.807, 2.05) is 54.6 Å². The molecule has 5 aromatic rings. The van der Waals surface area contributed by atoms with E-state index in [1.165, 1.54) is 15.9 Å². The Bertz CT molecular complexity index is 2200. The highest BCUT2D eigenvalue weighted by Gasteiger charge is 2.35. The van der Waals surface area contributed by atoms with Crippen LogP contribution in [0.4, 0.5) is 0 Å². The van der Waals surface area contributed by atoms with Crippen molar-refractivity contribution in [1.29, 1.82) is 5.26 Å². The van der Waals surface area contributed by atoms with Crippen LogP contribution in [0.15, 0.2) is 112 Å². The maximum absolute atomic E-state index is 14.3. The second-order valence-electron chi connectivity index (χ2n) is 10.5. The van der Waals surface area contributed by atoms with E-state index in [2.05, 4.69) is 6.07 Å². The standard InChI is InChI=1S/C37H28ClN3O5S/c1-3-45-36(43)31-32(25-8-5-4-6-9-25)40-37-41(33(31)26-16-18-28(38)19-17-26)35(42)30(47-37)20-27-10-7-11-29(44-2)34(27)46-22-24-14-12-23(21-39)13-15-24/h4-20,33H,3,22H2,1-2H3/b30-20-/t33-/m1/s1. The number of hydrogen-bond donors (Lipinski definition) is 0. The Morgan fingerprint density at radius 1 is 1.02 bits per heavy atom. The van der Waals surface area contributed by atoms with Crippen LogP contribution in [0.3, 0.4) is 0 Å². The first kappa shape index (κ1) is 31.5. The SMILES string of the molecule is CCOC(=O)C1=C(c2ccccc2)N=c2s/c(=C\c3cccc(OC)c3OCc3ccc(C#N)cc3)c(=O)n2[C@@H]1c1ccc(Cl)cc1. The summed E-state index contributed by atoms with van der Waals surface area (Å²) in [7, 11) is 1.55. The smallest absolute Gasteiger partial charge is 0.338 e. The van der Waals surface area contributed by atoms with Gasteiger partial charge < -0.3 is 14.2 Å². The first-order chi connectivity index (χ1) is 22.9. The van der Waals surface area contributed by atoms with Gasteiger partial charge in [-0.2, -0.15) is 5.26 Å². The van der Waals surface area contributed by atoms with Gasteiger partial charge in [0, 0.05) is 16.1 Å². The average molecular weight is 662 g/mol. The molecule has 47 heavy (non-hydrogen) atoms. The minimum absolute atomic E-state index is 0.156. The van der Waals surface area contributed by atoms with Crippen molar-refractivity contribution in [3.63, 3.8) is 0 Å². The number of nitrogens with zero attached hydrogens (tertiary/aromatic N) is 3. The Morgan fingerprint density at radius 3 is 2.45 bits per heavy atom. The fourth-order valence-corrected chi connectivity index (χ4v) is 6.45. The third-order valence-electron chi connectivity index (χ3n) is 7.54. The highest BCUT2D eigenvalue weighted by Crippen LogP contribution is 2.36. The molecule has 0 bridgehead atoms. The van der Waals surface area contributed by atoms with Crippen LogP contribution in [0.1, 0.15) is 40.8 Å². The van der Waals surface area contributed by atoms with Crippen LogP contribution in [0, 0.1) is 11.3 Å². The summed E-state index contributed by atoms with van der Waals surface area (Å²) in [5, 5.41) is 9.65. The number of halogens is 1. The summed E-state index contributed by atoms with van der Waals surface area (Å²) in [6.45, 7) is 2.11. The number of methoxy groups -OCH3 is 1. The lowest BCUT2D eigenvalue weighted by Gasteiger charge is -2.26. The van der Waals surface area contributed by atoms with Crippen molar-refractivity contribution in [3.8, 4) is 17.6 Å². The van der Waals surface area contributed by atoms with Crippen molar-refractivity contribution in [2.45, 2.75) is 19.6 Å². The molecule has 0 aliphatic carbocycles. The third kappa shape index (κ3) is 6.47. The number of rotatable bonds is 9. The maximum Gasteiger partial charge on any atom is 0.338 e. The van der Waals surface area contributed by atoms with E-state index in [-0.39, 0.29) is 24.3 Å². The van der Waals surface area contributed by atoms with Gasteiger partial charge >= 0.3 is 5.97 Å². The average Bonchev–Trinajstić information content (AvgIpc) is 3.41. The minimum Gasteiger partial charge on any atom is -0.493 e. The van der Waals surface area contributed by atoms with Crippen LogP contribution in [-0.4, -0.2) is 24.3 Å². The summed E-state index contributed by atoms with van der Waals surface area (Å²) in [4.78, 5) is 33.3. The van der Waals surface area contributed by atoms with Crippen LogP contribution in [-0.2, 0) is 16.1 Å². The number of nitriles is 1. The molecular weight excluding hydrogens is 634 g/mol. The first-order valence-corrected chi connectivity index (χ1v) is 15.9. The van der Waals surface area contributed by atoms with Gasteiger partial charge in [-0.05, 0) is 54.5 Å².